The third kappa shape index (κ3) is 4.20. The van der Waals surface area contributed by atoms with Gasteiger partial charge in [-0.25, -0.2) is 4.79 Å². The lowest BCUT2D eigenvalue weighted by molar-refractivity contribution is 0.0943. The van der Waals surface area contributed by atoms with Crippen molar-refractivity contribution in [2.24, 2.45) is 5.10 Å². The van der Waals surface area contributed by atoms with Gasteiger partial charge in [-0.1, -0.05) is 11.6 Å². The molecule has 3 heterocycles. The van der Waals surface area contributed by atoms with E-state index in [2.05, 4.69) is 5.10 Å². The third-order valence-corrected chi connectivity index (χ3v) is 6.07. The average molecular weight is 418 g/mol. The van der Waals surface area contributed by atoms with E-state index in [1.807, 2.05) is 35.5 Å². The first-order chi connectivity index (χ1) is 13.6. The van der Waals surface area contributed by atoms with Gasteiger partial charge < -0.3 is 4.74 Å². The van der Waals surface area contributed by atoms with Crippen molar-refractivity contribution in [3.8, 4) is 0 Å². The predicted octanol–water partition coefficient (Wildman–Crippen LogP) is 4.98. The van der Waals surface area contributed by atoms with Crippen LogP contribution in [-0.2, 0) is 4.74 Å². The molecule has 146 valence electrons. The van der Waals surface area contributed by atoms with E-state index in [4.69, 9.17) is 16.3 Å². The number of carbonyl (C=O) groups is 2. The first-order valence-corrected chi connectivity index (χ1v) is 10.5. The maximum absolute atomic E-state index is 12.3. The van der Waals surface area contributed by atoms with Crippen molar-refractivity contribution in [1.82, 2.24) is 0 Å². The summed E-state index contributed by atoms with van der Waals surface area (Å²) in [6.45, 7) is 1.34. The van der Waals surface area contributed by atoms with Crippen molar-refractivity contribution in [3.63, 3.8) is 0 Å². The van der Waals surface area contributed by atoms with E-state index in [1.54, 1.807) is 17.0 Å². The van der Waals surface area contributed by atoms with Gasteiger partial charge in [-0.2, -0.15) is 5.10 Å². The van der Waals surface area contributed by atoms with E-state index in [0.29, 0.717) is 28.6 Å². The lowest BCUT2D eigenvalue weighted by Crippen LogP contribution is -2.25. The van der Waals surface area contributed by atoms with E-state index in [9.17, 15) is 9.59 Å². The number of anilines is 2. The second-order valence-electron chi connectivity index (χ2n) is 6.76. The van der Waals surface area contributed by atoms with E-state index in [1.165, 1.54) is 11.3 Å². The zero-order chi connectivity index (χ0) is 19.5. The molecule has 0 spiro atoms. The Labute approximate surface area is 172 Å². The SMILES string of the molecule is O=C(CC[C@H]1CN(c2ccc(N3CCCC=N3)cc2)C(=O)O1)c1ccc(Cl)s1. The number of hydrazone groups is 1. The monoisotopic (exact) mass is 417 g/mol. The van der Waals surface area contributed by atoms with Gasteiger partial charge in [-0.05, 0) is 55.7 Å². The highest BCUT2D eigenvalue weighted by atomic mass is 35.5. The molecule has 1 aromatic carbocycles. The first kappa shape index (κ1) is 19.0. The summed E-state index contributed by atoms with van der Waals surface area (Å²) in [6, 6.07) is 11.2. The Morgan fingerprint density at radius 2 is 2.00 bits per heavy atom. The Hall–Kier alpha value is -2.38. The Morgan fingerprint density at radius 3 is 2.68 bits per heavy atom. The number of ether oxygens (including phenoxy) is 1. The minimum atomic E-state index is -0.375. The number of hydrogen-bond donors (Lipinski definition) is 0. The van der Waals surface area contributed by atoms with Crippen molar-refractivity contribution in [2.45, 2.75) is 31.8 Å². The number of nitrogens with zero attached hydrogens (tertiary/aromatic N) is 3. The number of benzene rings is 1. The summed E-state index contributed by atoms with van der Waals surface area (Å²) < 4.78 is 6.04. The van der Waals surface area contributed by atoms with E-state index in [-0.39, 0.29) is 18.0 Å². The van der Waals surface area contributed by atoms with Gasteiger partial charge in [0.05, 0.1) is 21.4 Å². The predicted molar refractivity (Wildman–Crippen MR) is 112 cm³/mol. The van der Waals surface area contributed by atoms with Crippen LogP contribution in [0.3, 0.4) is 0 Å². The summed E-state index contributed by atoms with van der Waals surface area (Å²) in [5.74, 6) is 0.0258. The second kappa shape index (κ2) is 8.32. The highest BCUT2D eigenvalue weighted by Gasteiger charge is 2.32. The van der Waals surface area contributed by atoms with Crippen LogP contribution in [0.2, 0.25) is 4.34 Å². The maximum atomic E-state index is 12.3. The summed E-state index contributed by atoms with van der Waals surface area (Å²) >= 11 is 7.15. The molecular weight excluding hydrogens is 398 g/mol. The fourth-order valence-electron chi connectivity index (χ4n) is 3.31. The largest absolute Gasteiger partial charge is 0.444 e. The molecule has 0 unspecified atom stereocenters. The standard InChI is InChI=1S/C20H20ClN3O3S/c21-19-10-9-18(28-19)17(25)8-7-16-13-23(20(26)27-16)14-3-5-15(6-4-14)24-12-2-1-11-22-24/h3-6,9-11,16H,1-2,7-8,12-13H2/t16-/m0/s1. The topological polar surface area (TPSA) is 62.2 Å². The molecule has 0 bridgehead atoms. The average Bonchev–Trinajstić information content (AvgIpc) is 3.32. The van der Waals surface area contributed by atoms with Gasteiger partial charge in [0.15, 0.2) is 5.78 Å². The molecule has 0 N–H and O–H groups in total. The number of rotatable bonds is 6. The molecule has 0 aliphatic carbocycles. The Bertz CT molecular complexity index is 896. The Kier molecular flexibility index (Phi) is 5.64. The van der Waals surface area contributed by atoms with Gasteiger partial charge in [0.2, 0.25) is 0 Å². The lowest BCUT2D eigenvalue weighted by atomic mass is 10.1. The Balaban J connectivity index is 1.34. The molecule has 0 radical (unpaired) electrons. The van der Waals surface area contributed by atoms with Crippen LogP contribution in [0, 0.1) is 0 Å². The summed E-state index contributed by atoms with van der Waals surface area (Å²) in [5.41, 5.74) is 1.79. The molecule has 1 saturated heterocycles. The van der Waals surface area contributed by atoms with Crippen molar-refractivity contribution < 1.29 is 14.3 Å². The molecule has 1 atom stereocenters. The van der Waals surface area contributed by atoms with Gasteiger partial charge in [-0.3, -0.25) is 14.7 Å². The van der Waals surface area contributed by atoms with Crippen LogP contribution in [0.5, 0.6) is 0 Å². The fourth-order valence-corrected chi connectivity index (χ4v) is 4.32. The zero-order valence-corrected chi connectivity index (χ0v) is 16.8. The van der Waals surface area contributed by atoms with Gasteiger partial charge in [0.1, 0.15) is 6.10 Å². The van der Waals surface area contributed by atoms with E-state index >= 15 is 0 Å². The number of halogens is 1. The molecule has 28 heavy (non-hydrogen) atoms. The van der Waals surface area contributed by atoms with Crippen LogP contribution in [0.15, 0.2) is 41.5 Å². The molecule has 0 saturated carbocycles. The minimum absolute atomic E-state index is 0.0258. The quantitative estimate of drug-likeness (QED) is 0.622. The maximum Gasteiger partial charge on any atom is 0.414 e. The van der Waals surface area contributed by atoms with Gasteiger partial charge in [0, 0.05) is 24.9 Å². The fraction of sp³-hybridized carbons (Fsp3) is 0.350. The number of ketones is 1. The number of hydrogen-bond acceptors (Lipinski definition) is 6. The van der Waals surface area contributed by atoms with Gasteiger partial charge in [0.25, 0.3) is 0 Å². The van der Waals surface area contributed by atoms with Crippen LogP contribution in [0.4, 0.5) is 16.2 Å². The van der Waals surface area contributed by atoms with E-state index in [0.717, 1.165) is 30.8 Å². The minimum Gasteiger partial charge on any atom is -0.444 e. The molecular formula is C20H20ClN3O3S. The van der Waals surface area contributed by atoms with Gasteiger partial charge >= 0.3 is 6.09 Å². The van der Waals surface area contributed by atoms with Crippen LogP contribution in [0.1, 0.15) is 35.4 Å². The van der Waals surface area contributed by atoms with Crippen molar-refractivity contribution in [1.29, 1.82) is 0 Å². The van der Waals surface area contributed by atoms with Crippen LogP contribution < -0.4 is 9.91 Å². The molecule has 1 fully saturated rings. The zero-order valence-electron chi connectivity index (χ0n) is 15.2. The highest BCUT2D eigenvalue weighted by molar-refractivity contribution is 7.18. The number of cyclic esters (lactones) is 1. The van der Waals surface area contributed by atoms with Crippen molar-refractivity contribution >= 4 is 52.4 Å². The summed E-state index contributed by atoms with van der Waals surface area (Å²) in [7, 11) is 0. The second-order valence-corrected chi connectivity index (χ2v) is 8.48. The van der Waals surface area contributed by atoms with Crippen LogP contribution >= 0.6 is 22.9 Å². The number of carbonyl (C=O) groups excluding carboxylic acids is 2. The van der Waals surface area contributed by atoms with Crippen molar-refractivity contribution in [2.75, 3.05) is 23.0 Å². The lowest BCUT2D eigenvalue weighted by Gasteiger charge is -2.22. The first-order valence-electron chi connectivity index (χ1n) is 9.27. The van der Waals surface area contributed by atoms with Crippen molar-refractivity contribution in [3.05, 3.63) is 45.6 Å². The summed E-state index contributed by atoms with van der Waals surface area (Å²) in [4.78, 5) is 26.7. The van der Waals surface area contributed by atoms with Gasteiger partial charge in [-0.15, -0.1) is 11.3 Å². The summed E-state index contributed by atoms with van der Waals surface area (Å²) in [5, 5.41) is 6.34. The molecule has 2 aromatic rings. The third-order valence-electron chi connectivity index (χ3n) is 4.80. The number of Topliss-reactive ketones (excluding diaryl/α,β-unsaturated/α-hetero) is 1. The van der Waals surface area contributed by atoms with Crippen LogP contribution in [0.25, 0.3) is 0 Å². The molecule has 1 amide bonds. The molecule has 1 aromatic heterocycles. The molecule has 2 aliphatic heterocycles. The highest BCUT2D eigenvalue weighted by Crippen LogP contribution is 2.28. The van der Waals surface area contributed by atoms with Crippen LogP contribution in [-0.4, -0.2) is 37.3 Å². The molecule has 2 aliphatic rings. The normalized spacial score (nSPS) is 19.2. The summed E-state index contributed by atoms with van der Waals surface area (Å²) in [6.07, 6.45) is 4.18. The molecule has 4 rings (SSSR count). The molecule has 6 nitrogen and oxygen atoms in total. The number of amides is 1. The smallest absolute Gasteiger partial charge is 0.414 e. The molecule has 8 heteroatoms. The number of thiophene rings is 1. The Morgan fingerprint density at radius 1 is 1.21 bits per heavy atom. The van der Waals surface area contributed by atoms with E-state index < -0.39 is 0 Å².